The molecule has 2 amide bonds. The number of aliphatic hydroxyl groups is 1. The maximum absolute atomic E-state index is 10.9. The summed E-state index contributed by atoms with van der Waals surface area (Å²) in [6.07, 6.45) is 10.3. The summed E-state index contributed by atoms with van der Waals surface area (Å²) in [4.78, 5) is 10.9. The first-order valence-electron chi connectivity index (χ1n) is 10.1. The van der Waals surface area contributed by atoms with Crippen LogP contribution in [0.1, 0.15) is 71.6 Å². The van der Waals surface area contributed by atoms with Gasteiger partial charge in [0.25, 0.3) is 0 Å². The van der Waals surface area contributed by atoms with Gasteiger partial charge in [0.1, 0.15) is 0 Å². The second-order valence-corrected chi connectivity index (χ2v) is 9.65. The average molecular weight is 348 g/mol. The number of rotatable bonds is 1. The lowest BCUT2D eigenvalue weighted by atomic mass is 9.45. The molecule has 7 atom stereocenters. The molecule has 4 N–H and O–H groups in total. The third kappa shape index (κ3) is 2.61. The number of hydrazone groups is 1. The van der Waals surface area contributed by atoms with Crippen molar-refractivity contribution in [3.63, 3.8) is 0 Å². The molecule has 4 rings (SSSR count). The van der Waals surface area contributed by atoms with Crippen LogP contribution in [0.5, 0.6) is 0 Å². The maximum Gasteiger partial charge on any atom is 0.332 e. The number of aliphatic hydroxyl groups excluding tert-OH is 1. The molecule has 0 saturated heterocycles. The third-order valence-electron chi connectivity index (χ3n) is 8.77. The lowest BCUT2D eigenvalue weighted by Gasteiger charge is -2.60. The Morgan fingerprint density at radius 3 is 2.64 bits per heavy atom. The normalized spacial score (nSPS) is 50.7. The van der Waals surface area contributed by atoms with Gasteiger partial charge in [-0.15, -0.1) is 0 Å². The highest BCUT2D eigenvalue weighted by Crippen LogP contribution is 2.65. The average Bonchev–Trinajstić information content (AvgIpc) is 2.88. The quantitative estimate of drug-likeness (QED) is 0.635. The fourth-order valence-corrected chi connectivity index (χ4v) is 7.27. The number of urea groups is 1. The molecule has 0 aromatic carbocycles. The van der Waals surface area contributed by atoms with Crippen molar-refractivity contribution in [2.24, 2.45) is 45.3 Å². The highest BCUT2D eigenvalue weighted by Gasteiger charge is 2.59. The van der Waals surface area contributed by atoms with Crippen molar-refractivity contribution in [3.8, 4) is 0 Å². The van der Waals surface area contributed by atoms with Gasteiger partial charge in [0.05, 0.1) is 6.10 Å². The molecule has 0 aromatic rings. The highest BCUT2D eigenvalue weighted by molar-refractivity contribution is 5.87. The number of fused-ring (bicyclic) bond motifs is 5. The lowest BCUT2D eigenvalue weighted by molar-refractivity contribution is -0.112. The molecule has 140 valence electrons. The molecule has 0 spiro atoms. The number of carbonyl (C=O) groups excluding carboxylic acids is 1. The molecule has 4 aliphatic rings. The summed E-state index contributed by atoms with van der Waals surface area (Å²) in [6, 6.07) is -0.573. The van der Waals surface area contributed by atoms with E-state index >= 15 is 0 Å². The largest absolute Gasteiger partial charge is 0.393 e. The first kappa shape index (κ1) is 17.3. The van der Waals surface area contributed by atoms with E-state index in [-0.39, 0.29) is 11.5 Å². The van der Waals surface area contributed by atoms with Gasteiger partial charge in [0.2, 0.25) is 0 Å². The predicted octanol–water partition coefficient (Wildman–Crippen LogP) is 3.41. The van der Waals surface area contributed by atoms with Crippen LogP contribution in [-0.4, -0.2) is 23.0 Å². The van der Waals surface area contributed by atoms with Gasteiger partial charge in [-0.25, -0.2) is 10.2 Å². The van der Waals surface area contributed by atoms with Crippen molar-refractivity contribution < 1.29 is 9.90 Å². The molecule has 25 heavy (non-hydrogen) atoms. The van der Waals surface area contributed by atoms with Crippen LogP contribution in [0.25, 0.3) is 0 Å². The van der Waals surface area contributed by atoms with Gasteiger partial charge in [0, 0.05) is 5.71 Å². The Labute approximate surface area is 150 Å². The minimum atomic E-state index is -0.573. The number of amides is 2. The molecule has 4 fully saturated rings. The molecular formula is C20H33N3O2. The van der Waals surface area contributed by atoms with Crippen molar-refractivity contribution >= 4 is 11.7 Å². The number of hydrogen-bond acceptors (Lipinski definition) is 3. The topological polar surface area (TPSA) is 87.7 Å². The molecule has 5 heteroatoms. The summed E-state index contributed by atoms with van der Waals surface area (Å²) in [5.41, 5.74) is 9.23. The molecule has 0 aromatic heterocycles. The summed E-state index contributed by atoms with van der Waals surface area (Å²) < 4.78 is 0. The summed E-state index contributed by atoms with van der Waals surface area (Å²) >= 11 is 0. The van der Waals surface area contributed by atoms with Gasteiger partial charge in [-0.1, -0.05) is 13.8 Å². The third-order valence-corrected chi connectivity index (χ3v) is 8.77. The van der Waals surface area contributed by atoms with Gasteiger partial charge in [-0.05, 0) is 92.3 Å². The van der Waals surface area contributed by atoms with E-state index in [1.165, 1.54) is 38.5 Å². The Bertz CT molecular complexity index is 591. The zero-order chi connectivity index (χ0) is 17.8. The maximum atomic E-state index is 10.9. The Balaban J connectivity index is 1.53. The Morgan fingerprint density at radius 1 is 1.12 bits per heavy atom. The number of nitrogens with two attached hydrogens (primary N) is 1. The fourth-order valence-electron chi connectivity index (χ4n) is 7.27. The van der Waals surface area contributed by atoms with E-state index in [0.29, 0.717) is 17.3 Å². The van der Waals surface area contributed by atoms with Crippen molar-refractivity contribution in [1.29, 1.82) is 0 Å². The Hall–Kier alpha value is -1.10. The van der Waals surface area contributed by atoms with Crippen LogP contribution in [0.3, 0.4) is 0 Å². The van der Waals surface area contributed by atoms with Gasteiger partial charge >= 0.3 is 6.03 Å². The number of nitrogens with one attached hydrogen (secondary N) is 1. The van der Waals surface area contributed by atoms with E-state index in [4.69, 9.17) is 5.73 Å². The minimum Gasteiger partial charge on any atom is -0.393 e. The van der Waals surface area contributed by atoms with Gasteiger partial charge in [-0.3, -0.25) is 0 Å². The van der Waals surface area contributed by atoms with Gasteiger partial charge in [0.15, 0.2) is 0 Å². The van der Waals surface area contributed by atoms with Crippen LogP contribution >= 0.6 is 0 Å². The summed E-state index contributed by atoms with van der Waals surface area (Å²) in [5, 5.41) is 14.8. The van der Waals surface area contributed by atoms with E-state index in [0.717, 1.165) is 36.8 Å². The molecule has 5 nitrogen and oxygen atoms in total. The van der Waals surface area contributed by atoms with E-state index in [1.807, 2.05) is 0 Å². The van der Waals surface area contributed by atoms with E-state index in [1.54, 1.807) is 0 Å². The number of nitrogens with zero attached hydrogens (tertiary/aromatic N) is 1. The van der Waals surface area contributed by atoms with Crippen LogP contribution in [0, 0.1) is 34.5 Å². The Kier molecular flexibility index (Phi) is 4.13. The van der Waals surface area contributed by atoms with Gasteiger partial charge in [-0.2, -0.15) is 5.10 Å². The SMILES string of the molecule is C[C@]12CC/C(=N/NC(N)=O)C[C@@H]1CC[C@@H]1[C@@H]2CC[C@]2(C)[C@@H](O)CC[C@@H]12. The summed E-state index contributed by atoms with van der Waals surface area (Å²) in [6.45, 7) is 4.86. The first-order chi connectivity index (χ1) is 11.8. The molecule has 0 aliphatic heterocycles. The highest BCUT2D eigenvalue weighted by atomic mass is 16.3. The van der Waals surface area contributed by atoms with Crippen molar-refractivity contribution in [3.05, 3.63) is 0 Å². The summed E-state index contributed by atoms with van der Waals surface area (Å²) in [5.74, 6) is 2.97. The second kappa shape index (κ2) is 5.97. The smallest absolute Gasteiger partial charge is 0.332 e. The van der Waals surface area contributed by atoms with Crippen molar-refractivity contribution in [2.75, 3.05) is 0 Å². The standard InChI is InChI=1S/C20H33N3O2/c1-19-9-7-13(22-23-18(21)25)11-12(19)3-4-14-15-5-6-17(24)20(15,2)10-8-16(14)19/h12,14-17,24H,3-11H2,1-2H3,(H3,21,23,25)/b22-13-/t12-,14-,15-,16-,17-,19-,20-/m0/s1. The van der Waals surface area contributed by atoms with Crippen LogP contribution in [0.2, 0.25) is 0 Å². The molecule has 0 unspecified atom stereocenters. The van der Waals surface area contributed by atoms with E-state index in [2.05, 4.69) is 24.4 Å². The molecular weight excluding hydrogens is 314 g/mol. The van der Waals surface area contributed by atoms with Crippen molar-refractivity contribution in [2.45, 2.75) is 77.7 Å². The predicted molar refractivity (Wildman–Crippen MR) is 97.9 cm³/mol. The first-order valence-corrected chi connectivity index (χ1v) is 10.1. The Morgan fingerprint density at radius 2 is 1.88 bits per heavy atom. The minimum absolute atomic E-state index is 0.0889. The second-order valence-electron chi connectivity index (χ2n) is 9.65. The van der Waals surface area contributed by atoms with Crippen LogP contribution in [-0.2, 0) is 0 Å². The number of primary amides is 1. The monoisotopic (exact) mass is 347 g/mol. The van der Waals surface area contributed by atoms with E-state index < -0.39 is 6.03 Å². The molecule has 4 aliphatic carbocycles. The molecule has 0 heterocycles. The lowest BCUT2D eigenvalue weighted by Crippen LogP contribution is -2.54. The summed E-state index contributed by atoms with van der Waals surface area (Å²) in [7, 11) is 0. The molecule has 4 saturated carbocycles. The van der Waals surface area contributed by atoms with Gasteiger partial charge < -0.3 is 10.8 Å². The van der Waals surface area contributed by atoms with Crippen LogP contribution < -0.4 is 11.2 Å². The van der Waals surface area contributed by atoms with Crippen LogP contribution in [0.15, 0.2) is 5.10 Å². The zero-order valence-corrected chi connectivity index (χ0v) is 15.6. The number of carbonyl (C=O) groups is 1. The zero-order valence-electron chi connectivity index (χ0n) is 15.6. The molecule has 0 radical (unpaired) electrons. The number of hydrogen-bond donors (Lipinski definition) is 3. The van der Waals surface area contributed by atoms with E-state index in [9.17, 15) is 9.90 Å². The fraction of sp³-hybridized carbons (Fsp3) is 0.900. The molecule has 0 bridgehead atoms. The van der Waals surface area contributed by atoms with Crippen LogP contribution in [0.4, 0.5) is 4.79 Å². The van der Waals surface area contributed by atoms with Crippen molar-refractivity contribution in [1.82, 2.24) is 5.43 Å².